The van der Waals surface area contributed by atoms with Gasteiger partial charge in [-0.1, -0.05) is 5.16 Å². The molecule has 17 heteroatoms. The highest BCUT2D eigenvalue weighted by molar-refractivity contribution is 5.76. The first-order valence-corrected chi connectivity index (χ1v) is 11.4. The van der Waals surface area contributed by atoms with E-state index >= 15 is 0 Å². The van der Waals surface area contributed by atoms with E-state index in [2.05, 4.69) is 25.4 Å². The van der Waals surface area contributed by atoms with Gasteiger partial charge in [0.1, 0.15) is 17.8 Å². The molecule has 0 unspecified atom stereocenters. The van der Waals surface area contributed by atoms with E-state index in [1.54, 1.807) is 6.92 Å². The largest absolute Gasteiger partial charge is 0.490 e. The van der Waals surface area contributed by atoms with Crippen molar-refractivity contribution in [2.75, 3.05) is 31.1 Å². The van der Waals surface area contributed by atoms with E-state index in [1.807, 2.05) is 4.90 Å². The Balaban J connectivity index is 0.000000505. The van der Waals surface area contributed by atoms with Crippen molar-refractivity contribution in [3.63, 3.8) is 0 Å². The molecular weight excluding hydrogens is 530 g/mol. The minimum atomic E-state index is -5.08. The van der Waals surface area contributed by atoms with Gasteiger partial charge in [-0.05, 0) is 12.3 Å². The van der Waals surface area contributed by atoms with Gasteiger partial charge < -0.3 is 24.6 Å². The van der Waals surface area contributed by atoms with Gasteiger partial charge in [0.15, 0.2) is 5.82 Å². The fourth-order valence-electron chi connectivity index (χ4n) is 4.19. The first-order chi connectivity index (χ1) is 17.7. The molecule has 0 aromatic carbocycles. The van der Waals surface area contributed by atoms with Crippen molar-refractivity contribution in [3.05, 3.63) is 29.8 Å². The number of anilines is 1. The minimum Gasteiger partial charge on any atom is -0.475 e. The minimum absolute atomic E-state index is 0.112. The number of aromatic nitrogens is 4. The zero-order valence-electron chi connectivity index (χ0n) is 19.9. The van der Waals surface area contributed by atoms with Crippen molar-refractivity contribution in [1.29, 1.82) is 0 Å². The molecule has 4 rings (SSSR count). The summed E-state index contributed by atoms with van der Waals surface area (Å²) in [5.41, 5.74) is -0.951. The van der Waals surface area contributed by atoms with Gasteiger partial charge in [0, 0.05) is 45.0 Å². The van der Waals surface area contributed by atoms with E-state index in [1.165, 1.54) is 0 Å². The number of nitrogens with one attached hydrogen (secondary N) is 1. The van der Waals surface area contributed by atoms with Crippen LogP contribution in [0.25, 0.3) is 0 Å². The molecule has 2 aliphatic heterocycles. The molecule has 3 atom stereocenters. The van der Waals surface area contributed by atoms with E-state index in [9.17, 15) is 31.1 Å². The Bertz CT molecular complexity index is 1110. The number of carboxylic acid groups (broad SMARTS) is 1. The Morgan fingerprint density at radius 1 is 1.21 bits per heavy atom. The molecule has 2 saturated heterocycles. The predicted octanol–water partition coefficient (Wildman–Crippen LogP) is 2.41. The van der Waals surface area contributed by atoms with Crippen LogP contribution >= 0.6 is 0 Å². The third-order valence-electron chi connectivity index (χ3n) is 5.93. The molecule has 0 bridgehead atoms. The van der Waals surface area contributed by atoms with Gasteiger partial charge in [-0.25, -0.2) is 14.8 Å². The number of alkyl halides is 6. The van der Waals surface area contributed by atoms with Crippen molar-refractivity contribution in [2.24, 2.45) is 11.8 Å². The molecule has 0 radical (unpaired) electrons. The van der Waals surface area contributed by atoms with Gasteiger partial charge in [0.25, 0.3) is 0 Å². The Labute approximate surface area is 211 Å². The lowest BCUT2D eigenvalue weighted by Crippen LogP contribution is -2.43. The van der Waals surface area contributed by atoms with Crippen LogP contribution in [0.5, 0.6) is 0 Å². The molecule has 38 heavy (non-hydrogen) atoms. The summed E-state index contributed by atoms with van der Waals surface area (Å²) in [5, 5.41) is 13.8. The summed E-state index contributed by atoms with van der Waals surface area (Å²) in [6.45, 7) is 3.66. The zero-order chi connectivity index (χ0) is 28.1. The maximum atomic E-state index is 12.9. The molecule has 0 aliphatic carbocycles. The van der Waals surface area contributed by atoms with Crippen LogP contribution in [0, 0.1) is 18.8 Å². The van der Waals surface area contributed by atoms with E-state index in [0.29, 0.717) is 44.4 Å². The standard InChI is InChI=1S/C19H23F3N6O3.C2HF3O2/c1-11-26-16(27-31-11)2-4-23-18(29)6-14-13-3-5-28(8-12(13)9-30-14)17-7-15(19(20,21)22)24-10-25-17;3-2(4,5)1(6)7/h7,10,12-14H,2-6,8-9H2,1H3,(H,23,29);(H,6,7)/t12-,13-,14+;/m1./s1. The van der Waals surface area contributed by atoms with Crippen molar-refractivity contribution < 1.29 is 50.3 Å². The lowest BCUT2D eigenvalue weighted by atomic mass is 9.83. The van der Waals surface area contributed by atoms with E-state index in [4.69, 9.17) is 19.2 Å². The van der Waals surface area contributed by atoms with Gasteiger partial charge in [-0.2, -0.15) is 31.3 Å². The Morgan fingerprint density at radius 2 is 1.92 bits per heavy atom. The van der Waals surface area contributed by atoms with Crippen LogP contribution in [0.4, 0.5) is 32.2 Å². The second kappa shape index (κ2) is 11.9. The van der Waals surface area contributed by atoms with E-state index in [-0.39, 0.29) is 36.1 Å². The van der Waals surface area contributed by atoms with Crippen molar-refractivity contribution in [1.82, 2.24) is 25.4 Å². The van der Waals surface area contributed by atoms with Crippen LogP contribution in [0.3, 0.4) is 0 Å². The van der Waals surface area contributed by atoms with Crippen LogP contribution < -0.4 is 10.2 Å². The first kappa shape index (κ1) is 29.1. The summed E-state index contributed by atoms with van der Waals surface area (Å²) in [5.74, 6) is -1.26. The number of piperidine rings is 1. The third kappa shape index (κ3) is 8.00. The highest BCUT2D eigenvalue weighted by Gasteiger charge is 2.42. The summed E-state index contributed by atoms with van der Waals surface area (Å²) in [4.78, 5) is 34.4. The topological polar surface area (TPSA) is 144 Å². The highest BCUT2D eigenvalue weighted by Crippen LogP contribution is 2.37. The fourth-order valence-corrected chi connectivity index (χ4v) is 4.19. The molecule has 2 aromatic rings. The fraction of sp³-hybridized carbons (Fsp3) is 0.619. The first-order valence-electron chi connectivity index (χ1n) is 11.4. The predicted molar refractivity (Wildman–Crippen MR) is 115 cm³/mol. The Kier molecular flexibility index (Phi) is 9.11. The number of rotatable bonds is 6. The van der Waals surface area contributed by atoms with Gasteiger partial charge in [0.05, 0.1) is 19.1 Å². The molecule has 2 N–H and O–H groups in total. The SMILES string of the molecule is Cc1nc(CCNC(=O)C[C@@H]2OC[C@H]3CN(c4cc(C(F)(F)F)ncn4)CC[C@H]32)no1.O=C(O)C(F)(F)F. The number of aryl methyl sites for hydroxylation is 1. The maximum absolute atomic E-state index is 12.9. The number of nitrogens with zero attached hydrogens (tertiary/aromatic N) is 5. The number of ether oxygens (including phenoxy) is 1. The number of carbonyl (C=O) groups is 2. The average Bonchev–Trinajstić information content (AvgIpc) is 3.43. The molecule has 2 fully saturated rings. The quantitative estimate of drug-likeness (QED) is 0.511. The zero-order valence-corrected chi connectivity index (χ0v) is 19.9. The number of aliphatic carboxylic acids is 1. The Morgan fingerprint density at radius 3 is 2.53 bits per heavy atom. The lowest BCUT2D eigenvalue weighted by molar-refractivity contribution is -0.192. The second-order valence-electron chi connectivity index (χ2n) is 8.63. The molecule has 2 aliphatic rings. The highest BCUT2D eigenvalue weighted by atomic mass is 19.4. The van der Waals surface area contributed by atoms with Gasteiger partial charge in [0.2, 0.25) is 11.8 Å². The lowest BCUT2D eigenvalue weighted by Gasteiger charge is -2.36. The summed E-state index contributed by atoms with van der Waals surface area (Å²) < 4.78 is 81.3. The normalized spacial score (nSPS) is 21.3. The van der Waals surface area contributed by atoms with Crippen LogP contribution in [0.15, 0.2) is 16.9 Å². The van der Waals surface area contributed by atoms with Crippen molar-refractivity contribution in [3.8, 4) is 0 Å². The monoisotopic (exact) mass is 554 g/mol. The Hall–Kier alpha value is -3.50. The number of halogens is 6. The van der Waals surface area contributed by atoms with E-state index in [0.717, 1.165) is 18.8 Å². The summed E-state index contributed by atoms with van der Waals surface area (Å²) in [6, 6.07) is 0.978. The second-order valence-corrected chi connectivity index (χ2v) is 8.63. The summed E-state index contributed by atoms with van der Waals surface area (Å²) in [7, 11) is 0. The molecule has 2 aromatic heterocycles. The van der Waals surface area contributed by atoms with Gasteiger partial charge in [-0.15, -0.1) is 0 Å². The van der Waals surface area contributed by atoms with Gasteiger partial charge in [-0.3, -0.25) is 4.79 Å². The maximum Gasteiger partial charge on any atom is 0.490 e. The number of amides is 1. The molecule has 0 spiro atoms. The molecular formula is C21H24F6N6O5. The van der Waals surface area contributed by atoms with Crippen LogP contribution in [-0.2, 0) is 26.9 Å². The molecule has 4 heterocycles. The number of hydrogen-bond acceptors (Lipinski definition) is 9. The van der Waals surface area contributed by atoms with Crippen LogP contribution in [0.1, 0.15) is 30.3 Å². The number of fused-ring (bicyclic) bond motifs is 1. The average molecular weight is 554 g/mol. The molecule has 0 saturated carbocycles. The third-order valence-corrected chi connectivity index (χ3v) is 5.93. The molecule has 1 amide bonds. The van der Waals surface area contributed by atoms with Crippen LogP contribution in [-0.4, -0.2) is 75.6 Å². The number of carboxylic acids is 1. The summed E-state index contributed by atoms with van der Waals surface area (Å²) >= 11 is 0. The number of carbonyl (C=O) groups excluding carboxylic acids is 1. The van der Waals surface area contributed by atoms with Crippen LogP contribution in [0.2, 0.25) is 0 Å². The van der Waals surface area contributed by atoms with Crippen molar-refractivity contribution in [2.45, 2.75) is 44.6 Å². The van der Waals surface area contributed by atoms with E-state index < -0.39 is 24.0 Å². The van der Waals surface area contributed by atoms with Gasteiger partial charge >= 0.3 is 18.3 Å². The van der Waals surface area contributed by atoms with Crippen molar-refractivity contribution >= 4 is 17.7 Å². The smallest absolute Gasteiger partial charge is 0.475 e. The molecule has 210 valence electrons. The molecule has 11 nitrogen and oxygen atoms in total. The number of hydrogen-bond donors (Lipinski definition) is 2. The summed E-state index contributed by atoms with van der Waals surface area (Å²) in [6.07, 6.45) is -7.40.